The number of carbonyl (C=O) groups excluding carboxylic acids is 2. The van der Waals surface area contributed by atoms with Gasteiger partial charge >= 0.3 is 0 Å². The molecule has 4 rings (SSSR count). The van der Waals surface area contributed by atoms with Gasteiger partial charge in [0.15, 0.2) is 0 Å². The number of ether oxygens (including phenoxy) is 1. The van der Waals surface area contributed by atoms with Gasteiger partial charge in [-0.1, -0.05) is 11.6 Å². The molecule has 0 radical (unpaired) electrons. The van der Waals surface area contributed by atoms with E-state index in [4.69, 9.17) is 16.3 Å². The standard InChI is InChI=1S/C23H25ClFN5O3S/c1-12-18(24)20(22(32)26-19-13(2)28-29(4)14(19)3)34-23(12)27-21(31)15-9-16(25)11-17(10-15)30-5-7-33-8-6-30/h9-11H,5-8H2,1-4H3,(H,26,32)(H,27,31). The summed E-state index contributed by atoms with van der Waals surface area (Å²) < 4.78 is 21.3. The second-order valence-electron chi connectivity index (χ2n) is 8.07. The van der Waals surface area contributed by atoms with Gasteiger partial charge in [0, 0.05) is 37.0 Å². The number of nitrogens with zero attached hydrogens (tertiary/aromatic N) is 3. The van der Waals surface area contributed by atoms with Crippen LogP contribution in [0.5, 0.6) is 0 Å². The average molecular weight is 506 g/mol. The number of morpholine rings is 1. The molecule has 1 aromatic carbocycles. The lowest BCUT2D eigenvalue weighted by molar-refractivity contribution is 0.102. The number of aromatic nitrogens is 2. The highest BCUT2D eigenvalue weighted by Crippen LogP contribution is 2.37. The average Bonchev–Trinajstić information content (AvgIpc) is 3.23. The van der Waals surface area contributed by atoms with E-state index in [9.17, 15) is 14.0 Å². The van der Waals surface area contributed by atoms with Crippen molar-refractivity contribution in [2.24, 2.45) is 7.05 Å². The van der Waals surface area contributed by atoms with Gasteiger partial charge in [-0.25, -0.2) is 4.39 Å². The largest absolute Gasteiger partial charge is 0.378 e. The SMILES string of the molecule is Cc1nn(C)c(C)c1NC(=O)c1sc(NC(=O)c2cc(F)cc(N3CCOCC3)c2)c(C)c1Cl. The van der Waals surface area contributed by atoms with Crippen LogP contribution in [0.2, 0.25) is 5.02 Å². The molecule has 2 N–H and O–H groups in total. The van der Waals surface area contributed by atoms with Crippen LogP contribution < -0.4 is 15.5 Å². The first-order valence-corrected chi connectivity index (χ1v) is 11.9. The van der Waals surface area contributed by atoms with Crippen LogP contribution in [0.1, 0.15) is 37.0 Å². The third-order valence-electron chi connectivity index (χ3n) is 5.78. The van der Waals surface area contributed by atoms with Gasteiger partial charge in [-0.2, -0.15) is 5.10 Å². The molecule has 1 saturated heterocycles. The molecule has 34 heavy (non-hydrogen) atoms. The van der Waals surface area contributed by atoms with Crippen molar-refractivity contribution in [1.29, 1.82) is 0 Å². The minimum absolute atomic E-state index is 0.179. The molecular formula is C23H25ClFN5O3S. The minimum atomic E-state index is -0.502. The number of nitrogens with one attached hydrogen (secondary N) is 2. The zero-order valence-corrected chi connectivity index (χ0v) is 20.9. The molecule has 2 aromatic heterocycles. The Balaban J connectivity index is 1.55. The molecule has 1 aliphatic rings. The maximum absolute atomic E-state index is 14.3. The van der Waals surface area contributed by atoms with Crippen molar-refractivity contribution in [3.8, 4) is 0 Å². The molecule has 3 heterocycles. The van der Waals surface area contributed by atoms with Crippen LogP contribution in [0.3, 0.4) is 0 Å². The van der Waals surface area contributed by atoms with E-state index >= 15 is 0 Å². The first-order valence-electron chi connectivity index (χ1n) is 10.7. The van der Waals surface area contributed by atoms with Crippen molar-refractivity contribution in [3.05, 3.63) is 56.4 Å². The van der Waals surface area contributed by atoms with E-state index in [1.807, 2.05) is 11.8 Å². The molecule has 0 bridgehead atoms. The Morgan fingerprint density at radius 3 is 2.47 bits per heavy atom. The molecular weight excluding hydrogens is 481 g/mol. The van der Waals surface area contributed by atoms with Crippen LogP contribution in [-0.2, 0) is 11.8 Å². The smallest absolute Gasteiger partial charge is 0.267 e. The number of halogens is 2. The number of amides is 2. The van der Waals surface area contributed by atoms with E-state index in [-0.39, 0.29) is 15.5 Å². The van der Waals surface area contributed by atoms with Crippen molar-refractivity contribution in [1.82, 2.24) is 9.78 Å². The summed E-state index contributed by atoms with van der Waals surface area (Å²) in [7, 11) is 1.80. The lowest BCUT2D eigenvalue weighted by Crippen LogP contribution is -2.36. The Morgan fingerprint density at radius 2 is 1.82 bits per heavy atom. The topological polar surface area (TPSA) is 88.5 Å². The van der Waals surface area contributed by atoms with Gasteiger partial charge in [-0.05, 0) is 39.0 Å². The molecule has 0 spiro atoms. The number of benzene rings is 1. The number of thiophene rings is 1. The van der Waals surface area contributed by atoms with Crippen LogP contribution >= 0.6 is 22.9 Å². The zero-order chi connectivity index (χ0) is 24.6. The molecule has 0 aliphatic carbocycles. The Labute approximate surface area is 205 Å². The highest BCUT2D eigenvalue weighted by atomic mass is 35.5. The van der Waals surface area contributed by atoms with E-state index in [2.05, 4.69) is 15.7 Å². The number of hydrogen-bond donors (Lipinski definition) is 2. The van der Waals surface area contributed by atoms with Crippen LogP contribution in [0.25, 0.3) is 0 Å². The lowest BCUT2D eigenvalue weighted by atomic mass is 10.1. The van der Waals surface area contributed by atoms with Crippen LogP contribution in [0.4, 0.5) is 20.8 Å². The van der Waals surface area contributed by atoms with E-state index in [0.717, 1.165) is 17.0 Å². The number of aryl methyl sites for hydroxylation is 2. The summed E-state index contributed by atoms with van der Waals surface area (Å²) in [5.41, 5.74) is 3.49. The quantitative estimate of drug-likeness (QED) is 0.531. The minimum Gasteiger partial charge on any atom is -0.378 e. The van der Waals surface area contributed by atoms with E-state index < -0.39 is 17.6 Å². The lowest BCUT2D eigenvalue weighted by Gasteiger charge is -2.29. The Morgan fingerprint density at radius 1 is 1.12 bits per heavy atom. The summed E-state index contributed by atoms with van der Waals surface area (Å²) in [6, 6.07) is 4.24. The van der Waals surface area contributed by atoms with E-state index in [1.165, 1.54) is 12.1 Å². The second kappa shape index (κ2) is 9.73. The summed E-state index contributed by atoms with van der Waals surface area (Å²) in [5, 5.41) is 10.6. The zero-order valence-electron chi connectivity index (χ0n) is 19.3. The van der Waals surface area contributed by atoms with E-state index in [0.29, 0.717) is 53.9 Å². The number of carbonyl (C=O) groups is 2. The monoisotopic (exact) mass is 505 g/mol. The molecule has 1 fully saturated rings. The Kier molecular flexibility index (Phi) is 6.92. The normalized spacial score (nSPS) is 13.8. The second-order valence-corrected chi connectivity index (χ2v) is 9.47. The van der Waals surface area contributed by atoms with E-state index in [1.54, 1.807) is 31.6 Å². The highest BCUT2D eigenvalue weighted by molar-refractivity contribution is 7.19. The fraction of sp³-hybridized carbons (Fsp3) is 0.348. The molecule has 11 heteroatoms. The summed E-state index contributed by atoms with van der Waals surface area (Å²) in [6.45, 7) is 7.72. The predicted octanol–water partition coefficient (Wildman–Crippen LogP) is 4.54. The maximum Gasteiger partial charge on any atom is 0.267 e. The number of hydrogen-bond acceptors (Lipinski definition) is 6. The van der Waals surface area contributed by atoms with Gasteiger partial charge in [-0.15, -0.1) is 11.3 Å². The van der Waals surface area contributed by atoms with Crippen molar-refractivity contribution in [3.63, 3.8) is 0 Å². The summed E-state index contributed by atoms with van der Waals surface area (Å²) in [6.07, 6.45) is 0. The van der Waals surface area contributed by atoms with Gasteiger partial charge in [-0.3, -0.25) is 14.3 Å². The third kappa shape index (κ3) is 4.79. The van der Waals surface area contributed by atoms with Gasteiger partial charge < -0.3 is 20.3 Å². The summed E-state index contributed by atoms with van der Waals surface area (Å²) >= 11 is 7.51. The van der Waals surface area contributed by atoms with Crippen molar-refractivity contribution >= 4 is 51.1 Å². The number of rotatable bonds is 5. The molecule has 180 valence electrons. The Hall–Kier alpha value is -2.95. The molecule has 8 nitrogen and oxygen atoms in total. The molecule has 0 unspecified atom stereocenters. The maximum atomic E-state index is 14.3. The van der Waals surface area contributed by atoms with Crippen molar-refractivity contribution in [2.45, 2.75) is 20.8 Å². The molecule has 0 saturated carbocycles. The molecule has 3 aromatic rings. The summed E-state index contributed by atoms with van der Waals surface area (Å²) in [5.74, 6) is -1.38. The van der Waals surface area contributed by atoms with Crippen molar-refractivity contribution < 1.29 is 18.7 Å². The van der Waals surface area contributed by atoms with Gasteiger partial charge in [0.2, 0.25) is 0 Å². The third-order valence-corrected chi connectivity index (χ3v) is 7.57. The van der Waals surface area contributed by atoms with Gasteiger partial charge in [0.05, 0.1) is 35.3 Å². The highest BCUT2D eigenvalue weighted by Gasteiger charge is 2.23. The number of anilines is 3. The van der Waals surface area contributed by atoms with Gasteiger partial charge in [0.25, 0.3) is 11.8 Å². The first-order chi connectivity index (χ1) is 16.2. The summed E-state index contributed by atoms with van der Waals surface area (Å²) in [4.78, 5) is 28.1. The Bertz CT molecular complexity index is 1270. The van der Waals surface area contributed by atoms with Crippen LogP contribution in [0, 0.1) is 26.6 Å². The van der Waals surface area contributed by atoms with Crippen LogP contribution in [-0.4, -0.2) is 47.9 Å². The fourth-order valence-electron chi connectivity index (χ4n) is 3.77. The molecule has 2 amide bonds. The first kappa shape index (κ1) is 24.2. The van der Waals surface area contributed by atoms with Crippen LogP contribution in [0.15, 0.2) is 18.2 Å². The van der Waals surface area contributed by atoms with Crippen molar-refractivity contribution in [2.75, 3.05) is 41.8 Å². The molecule has 0 atom stereocenters. The molecule has 1 aliphatic heterocycles. The fourth-order valence-corrected chi connectivity index (χ4v) is 5.11. The van der Waals surface area contributed by atoms with Gasteiger partial charge in [0.1, 0.15) is 15.7 Å². The predicted molar refractivity (Wildman–Crippen MR) is 132 cm³/mol.